The summed E-state index contributed by atoms with van der Waals surface area (Å²) in [6.07, 6.45) is 1.56. The molecule has 1 heterocycles. The number of halogens is 1. The standard InChI is InChI=1S/C23H13FO/c24-22-21-17(13-25-22)16-9-3-6-12-20(16)23(21)18-10-4-1-7-14(18)15-8-2-5-11-19(15)23/h1-13H. The zero-order valence-corrected chi connectivity index (χ0v) is 13.3. The first-order valence-corrected chi connectivity index (χ1v) is 8.40. The molecule has 6 rings (SSSR count). The van der Waals surface area contributed by atoms with E-state index in [-0.39, 0.29) is 0 Å². The minimum Gasteiger partial charge on any atom is -0.439 e. The van der Waals surface area contributed by atoms with Gasteiger partial charge in [0.05, 0.1) is 11.0 Å². The molecule has 0 saturated heterocycles. The van der Waals surface area contributed by atoms with E-state index in [1.54, 1.807) is 6.26 Å². The van der Waals surface area contributed by atoms with E-state index in [4.69, 9.17) is 4.42 Å². The van der Waals surface area contributed by atoms with Crippen molar-refractivity contribution >= 4 is 0 Å². The number of furan rings is 1. The monoisotopic (exact) mass is 324 g/mol. The van der Waals surface area contributed by atoms with Crippen LogP contribution in [0.5, 0.6) is 0 Å². The Morgan fingerprint density at radius 3 is 1.56 bits per heavy atom. The van der Waals surface area contributed by atoms with E-state index in [1.165, 1.54) is 11.1 Å². The van der Waals surface area contributed by atoms with Gasteiger partial charge in [-0.25, -0.2) is 0 Å². The molecule has 2 heteroatoms. The molecular formula is C23H13FO. The van der Waals surface area contributed by atoms with Crippen molar-refractivity contribution < 1.29 is 8.81 Å². The predicted octanol–water partition coefficient (Wildman–Crippen LogP) is 5.76. The third-order valence-electron chi connectivity index (χ3n) is 5.69. The second-order valence-electron chi connectivity index (χ2n) is 6.68. The molecule has 0 unspecified atom stereocenters. The van der Waals surface area contributed by atoms with Crippen molar-refractivity contribution in [3.63, 3.8) is 0 Å². The second-order valence-corrected chi connectivity index (χ2v) is 6.68. The Bertz CT molecular complexity index is 1120. The Morgan fingerprint density at radius 1 is 0.600 bits per heavy atom. The van der Waals surface area contributed by atoms with Crippen molar-refractivity contribution in [3.05, 3.63) is 107 Å². The highest BCUT2D eigenvalue weighted by Crippen LogP contribution is 2.63. The molecule has 1 spiro atoms. The molecule has 0 N–H and O–H groups in total. The maximum absolute atomic E-state index is 14.9. The maximum Gasteiger partial charge on any atom is 0.283 e. The minimum absolute atomic E-state index is 0.488. The first kappa shape index (κ1) is 13.2. The molecule has 0 bridgehead atoms. The zero-order chi connectivity index (χ0) is 16.6. The van der Waals surface area contributed by atoms with Crippen molar-refractivity contribution in [2.45, 2.75) is 5.41 Å². The summed E-state index contributed by atoms with van der Waals surface area (Å²) in [4.78, 5) is 0. The highest BCUT2D eigenvalue weighted by molar-refractivity contribution is 5.94. The van der Waals surface area contributed by atoms with Crippen LogP contribution in [0, 0.1) is 6.01 Å². The fraction of sp³-hybridized carbons (Fsp3) is 0.0435. The fourth-order valence-electron chi connectivity index (χ4n) is 4.86. The van der Waals surface area contributed by atoms with E-state index < -0.39 is 11.4 Å². The van der Waals surface area contributed by atoms with Crippen LogP contribution in [-0.2, 0) is 5.41 Å². The summed E-state index contributed by atoms with van der Waals surface area (Å²) in [6, 6.07) is 24.4. The molecular weight excluding hydrogens is 311 g/mol. The van der Waals surface area contributed by atoms with Crippen LogP contribution in [0.1, 0.15) is 22.3 Å². The summed E-state index contributed by atoms with van der Waals surface area (Å²) in [7, 11) is 0. The summed E-state index contributed by atoms with van der Waals surface area (Å²) in [6.45, 7) is 0. The molecule has 1 aromatic heterocycles. The highest BCUT2D eigenvalue weighted by atomic mass is 19.1. The quantitative estimate of drug-likeness (QED) is 0.346. The van der Waals surface area contributed by atoms with Crippen molar-refractivity contribution in [2.24, 2.45) is 0 Å². The number of hydrogen-bond acceptors (Lipinski definition) is 1. The van der Waals surface area contributed by atoms with Gasteiger partial charge < -0.3 is 4.42 Å². The van der Waals surface area contributed by atoms with Gasteiger partial charge in [-0.05, 0) is 33.4 Å². The van der Waals surface area contributed by atoms with Gasteiger partial charge >= 0.3 is 0 Å². The maximum atomic E-state index is 14.9. The largest absolute Gasteiger partial charge is 0.439 e. The lowest BCUT2D eigenvalue weighted by Gasteiger charge is -2.29. The minimum atomic E-state index is -0.629. The van der Waals surface area contributed by atoms with Crippen molar-refractivity contribution in [1.82, 2.24) is 0 Å². The molecule has 118 valence electrons. The number of fused-ring (bicyclic) bond motifs is 10. The molecule has 0 radical (unpaired) electrons. The van der Waals surface area contributed by atoms with E-state index >= 15 is 0 Å². The number of hydrogen-bond donors (Lipinski definition) is 0. The van der Waals surface area contributed by atoms with Gasteiger partial charge in [-0.1, -0.05) is 72.8 Å². The second kappa shape index (κ2) is 4.28. The Labute approximate surface area is 144 Å². The highest BCUT2D eigenvalue weighted by Gasteiger charge is 2.54. The Kier molecular flexibility index (Phi) is 2.26. The van der Waals surface area contributed by atoms with Gasteiger partial charge in [-0.3, -0.25) is 0 Å². The van der Waals surface area contributed by atoms with Crippen LogP contribution in [0.25, 0.3) is 22.3 Å². The Balaban J connectivity index is 1.90. The smallest absolute Gasteiger partial charge is 0.283 e. The molecule has 0 fully saturated rings. The molecule has 1 nitrogen and oxygen atoms in total. The SMILES string of the molecule is Fc1occ2c1C1(c3ccccc3-c3ccccc31)c1ccccc1-2. The first-order chi connectivity index (χ1) is 12.3. The van der Waals surface area contributed by atoms with Crippen LogP contribution >= 0.6 is 0 Å². The van der Waals surface area contributed by atoms with E-state index in [9.17, 15) is 4.39 Å². The van der Waals surface area contributed by atoms with Gasteiger partial charge in [0, 0.05) is 5.56 Å². The van der Waals surface area contributed by atoms with Crippen molar-refractivity contribution in [3.8, 4) is 22.3 Å². The van der Waals surface area contributed by atoms with Crippen LogP contribution in [0.3, 0.4) is 0 Å². The lowest BCUT2D eigenvalue weighted by Crippen LogP contribution is -2.26. The molecule has 0 saturated carbocycles. The zero-order valence-electron chi connectivity index (χ0n) is 13.3. The van der Waals surface area contributed by atoms with Gasteiger partial charge in [-0.15, -0.1) is 0 Å². The van der Waals surface area contributed by atoms with Gasteiger partial charge in [0.25, 0.3) is 6.01 Å². The third-order valence-corrected chi connectivity index (χ3v) is 5.69. The first-order valence-electron chi connectivity index (χ1n) is 8.40. The van der Waals surface area contributed by atoms with Crippen LogP contribution in [0.15, 0.2) is 83.5 Å². The summed E-state index contributed by atoms with van der Waals surface area (Å²) < 4.78 is 20.2. The Hall–Kier alpha value is -3.13. The molecule has 2 aliphatic rings. The Morgan fingerprint density at radius 2 is 1.04 bits per heavy atom. The summed E-state index contributed by atoms with van der Waals surface area (Å²) >= 11 is 0. The average molecular weight is 324 g/mol. The molecule has 0 amide bonds. The third kappa shape index (κ3) is 1.33. The predicted molar refractivity (Wildman–Crippen MR) is 95.0 cm³/mol. The van der Waals surface area contributed by atoms with E-state index in [1.807, 2.05) is 36.4 Å². The molecule has 2 aliphatic carbocycles. The number of benzene rings is 3. The number of rotatable bonds is 0. The van der Waals surface area contributed by atoms with Crippen molar-refractivity contribution in [1.29, 1.82) is 0 Å². The van der Waals surface area contributed by atoms with Gasteiger partial charge in [0.15, 0.2) is 0 Å². The van der Waals surface area contributed by atoms with Gasteiger partial charge in [0.1, 0.15) is 6.26 Å². The molecule has 3 aromatic carbocycles. The van der Waals surface area contributed by atoms with Crippen LogP contribution < -0.4 is 0 Å². The van der Waals surface area contributed by atoms with Gasteiger partial charge in [-0.2, -0.15) is 4.39 Å². The van der Waals surface area contributed by atoms with Crippen LogP contribution in [0.2, 0.25) is 0 Å². The molecule has 25 heavy (non-hydrogen) atoms. The van der Waals surface area contributed by atoms with Crippen LogP contribution in [-0.4, -0.2) is 0 Å². The normalized spacial score (nSPS) is 14.9. The molecule has 0 aliphatic heterocycles. The van der Waals surface area contributed by atoms with E-state index in [0.29, 0.717) is 5.56 Å². The summed E-state index contributed by atoms with van der Waals surface area (Å²) in [5, 5.41) is 0. The van der Waals surface area contributed by atoms with Gasteiger partial charge in [0.2, 0.25) is 0 Å². The van der Waals surface area contributed by atoms with E-state index in [0.717, 1.165) is 27.8 Å². The fourth-order valence-corrected chi connectivity index (χ4v) is 4.86. The summed E-state index contributed by atoms with van der Waals surface area (Å²) in [5.41, 5.74) is 7.65. The van der Waals surface area contributed by atoms with Crippen LogP contribution in [0.4, 0.5) is 4.39 Å². The lowest BCUT2D eigenvalue weighted by molar-refractivity contribution is 0.347. The average Bonchev–Trinajstić information content (AvgIpc) is 3.28. The van der Waals surface area contributed by atoms with E-state index in [2.05, 4.69) is 36.4 Å². The lowest BCUT2D eigenvalue weighted by atomic mass is 9.71. The topological polar surface area (TPSA) is 13.1 Å². The summed E-state index contributed by atoms with van der Waals surface area (Å²) in [5.74, 6) is 0. The molecule has 0 atom stereocenters. The molecule has 4 aromatic rings. The van der Waals surface area contributed by atoms with Crippen molar-refractivity contribution in [2.75, 3.05) is 0 Å².